The number of hydrogen-bond donors (Lipinski definition) is 1. The number of benzene rings is 1. The summed E-state index contributed by atoms with van der Waals surface area (Å²) < 4.78 is 6.51. The molecule has 0 aliphatic carbocycles. The minimum absolute atomic E-state index is 0.00224. The molecule has 2 rings (SSSR count). The summed E-state index contributed by atoms with van der Waals surface area (Å²) in [5.41, 5.74) is 1.29. The highest BCUT2D eigenvalue weighted by Crippen LogP contribution is 2.13. The first-order chi connectivity index (χ1) is 12.5. The summed E-state index contributed by atoms with van der Waals surface area (Å²) in [5, 5.41) is 7.13. The SMILES string of the molecule is CCCCn1nc(C(=O)NC(C)CCc2ccc(OC)cc2)ccc1=O. The number of ether oxygens (including phenoxy) is 1. The van der Waals surface area contributed by atoms with Crippen molar-refractivity contribution < 1.29 is 9.53 Å². The van der Waals surface area contributed by atoms with E-state index in [1.807, 2.05) is 38.1 Å². The van der Waals surface area contributed by atoms with Crippen LogP contribution in [-0.4, -0.2) is 28.8 Å². The first-order valence-corrected chi connectivity index (χ1v) is 9.05. The molecular weight excluding hydrogens is 330 g/mol. The molecular formula is C20H27N3O3. The lowest BCUT2D eigenvalue weighted by Gasteiger charge is -2.14. The number of nitrogens with one attached hydrogen (secondary N) is 1. The molecule has 0 aliphatic heterocycles. The van der Waals surface area contributed by atoms with E-state index in [-0.39, 0.29) is 23.2 Å². The molecule has 0 saturated heterocycles. The van der Waals surface area contributed by atoms with Crippen molar-refractivity contribution in [1.29, 1.82) is 0 Å². The zero-order valence-corrected chi connectivity index (χ0v) is 15.7. The Bertz CT molecular complexity index is 769. The zero-order valence-electron chi connectivity index (χ0n) is 15.7. The zero-order chi connectivity index (χ0) is 18.9. The van der Waals surface area contributed by atoms with Crippen molar-refractivity contribution in [3.05, 3.63) is 58.0 Å². The Kier molecular flexibility index (Phi) is 7.38. The van der Waals surface area contributed by atoms with E-state index in [4.69, 9.17) is 4.74 Å². The van der Waals surface area contributed by atoms with Crippen LogP contribution in [0.2, 0.25) is 0 Å². The van der Waals surface area contributed by atoms with Crippen molar-refractivity contribution in [3.63, 3.8) is 0 Å². The molecule has 1 N–H and O–H groups in total. The molecule has 140 valence electrons. The van der Waals surface area contributed by atoms with E-state index in [0.29, 0.717) is 6.54 Å². The monoisotopic (exact) mass is 357 g/mol. The van der Waals surface area contributed by atoms with Gasteiger partial charge in [-0.1, -0.05) is 25.5 Å². The summed E-state index contributed by atoms with van der Waals surface area (Å²) in [4.78, 5) is 24.2. The fourth-order valence-electron chi connectivity index (χ4n) is 2.58. The highest BCUT2D eigenvalue weighted by atomic mass is 16.5. The van der Waals surface area contributed by atoms with Crippen molar-refractivity contribution in [2.75, 3.05) is 7.11 Å². The van der Waals surface area contributed by atoms with E-state index >= 15 is 0 Å². The van der Waals surface area contributed by atoms with Crippen LogP contribution < -0.4 is 15.6 Å². The van der Waals surface area contributed by atoms with Gasteiger partial charge in [0.2, 0.25) is 0 Å². The number of amides is 1. The topological polar surface area (TPSA) is 73.2 Å². The number of unbranched alkanes of at least 4 members (excludes halogenated alkanes) is 1. The van der Waals surface area contributed by atoms with Crippen LogP contribution in [0.5, 0.6) is 5.75 Å². The number of nitrogens with zero attached hydrogens (tertiary/aromatic N) is 2. The number of rotatable bonds is 9. The van der Waals surface area contributed by atoms with Crippen LogP contribution in [0, 0.1) is 0 Å². The van der Waals surface area contributed by atoms with E-state index < -0.39 is 0 Å². The molecule has 1 heterocycles. The molecule has 1 atom stereocenters. The van der Waals surface area contributed by atoms with Crippen LogP contribution in [0.25, 0.3) is 0 Å². The first kappa shape index (κ1) is 19.7. The maximum absolute atomic E-state index is 12.4. The van der Waals surface area contributed by atoms with Gasteiger partial charge in [0.1, 0.15) is 11.4 Å². The largest absolute Gasteiger partial charge is 0.497 e. The minimum Gasteiger partial charge on any atom is -0.497 e. The Labute approximate surface area is 154 Å². The quantitative estimate of drug-likeness (QED) is 0.749. The van der Waals surface area contributed by atoms with Gasteiger partial charge in [0.25, 0.3) is 11.5 Å². The van der Waals surface area contributed by atoms with E-state index in [2.05, 4.69) is 10.4 Å². The normalized spacial score (nSPS) is 11.8. The number of carbonyl (C=O) groups excluding carboxylic acids is 1. The maximum atomic E-state index is 12.4. The van der Waals surface area contributed by atoms with Gasteiger partial charge in [-0.15, -0.1) is 0 Å². The molecule has 26 heavy (non-hydrogen) atoms. The molecule has 6 heteroatoms. The predicted molar refractivity (Wildman–Crippen MR) is 102 cm³/mol. The van der Waals surface area contributed by atoms with Crippen LogP contribution in [0.4, 0.5) is 0 Å². The summed E-state index contributed by atoms with van der Waals surface area (Å²) in [7, 11) is 1.64. The highest BCUT2D eigenvalue weighted by molar-refractivity contribution is 5.92. The van der Waals surface area contributed by atoms with Gasteiger partial charge in [0.05, 0.1) is 7.11 Å². The lowest BCUT2D eigenvalue weighted by atomic mass is 10.1. The second-order valence-corrected chi connectivity index (χ2v) is 6.39. The van der Waals surface area contributed by atoms with Gasteiger partial charge in [-0.2, -0.15) is 5.10 Å². The molecule has 1 aromatic carbocycles. The fraction of sp³-hybridized carbons (Fsp3) is 0.450. The molecule has 6 nitrogen and oxygen atoms in total. The standard InChI is InChI=1S/C20H27N3O3/c1-4-5-14-23-19(24)13-12-18(22-23)20(25)21-15(2)6-7-16-8-10-17(26-3)11-9-16/h8-13,15H,4-7,14H2,1-3H3,(H,21,25). The first-order valence-electron chi connectivity index (χ1n) is 9.05. The van der Waals surface area contributed by atoms with Gasteiger partial charge >= 0.3 is 0 Å². The number of aromatic nitrogens is 2. The number of carbonyl (C=O) groups is 1. The van der Waals surface area contributed by atoms with Crippen LogP contribution in [0.1, 0.15) is 49.2 Å². The molecule has 0 bridgehead atoms. The molecule has 2 aromatic rings. The van der Waals surface area contributed by atoms with Crippen LogP contribution in [0.3, 0.4) is 0 Å². The van der Waals surface area contributed by atoms with E-state index in [0.717, 1.165) is 31.4 Å². The maximum Gasteiger partial charge on any atom is 0.271 e. The second kappa shape index (κ2) is 9.75. The fourth-order valence-corrected chi connectivity index (χ4v) is 2.58. The molecule has 0 radical (unpaired) electrons. The smallest absolute Gasteiger partial charge is 0.271 e. The van der Waals surface area contributed by atoms with Crippen molar-refractivity contribution >= 4 is 5.91 Å². The number of hydrogen-bond acceptors (Lipinski definition) is 4. The van der Waals surface area contributed by atoms with Crippen LogP contribution in [-0.2, 0) is 13.0 Å². The lowest BCUT2D eigenvalue weighted by Crippen LogP contribution is -2.35. The van der Waals surface area contributed by atoms with Gasteiger partial charge in [0.15, 0.2) is 0 Å². The van der Waals surface area contributed by atoms with Gasteiger partial charge in [-0.05, 0) is 49.9 Å². The second-order valence-electron chi connectivity index (χ2n) is 6.39. The minimum atomic E-state index is -0.252. The molecule has 0 saturated carbocycles. The van der Waals surface area contributed by atoms with Gasteiger partial charge in [0, 0.05) is 18.7 Å². The average molecular weight is 357 g/mol. The molecule has 0 aliphatic rings. The van der Waals surface area contributed by atoms with Gasteiger partial charge < -0.3 is 10.1 Å². The third kappa shape index (κ3) is 5.72. The molecule has 1 unspecified atom stereocenters. The highest BCUT2D eigenvalue weighted by Gasteiger charge is 2.13. The Morgan fingerprint density at radius 1 is 1.23 bits per heavy atom. The third-order valence-electron chi connectivity index (χ3n) is 4.23. The van der Waals surface area contributed by atoms with Crippen LogP contribution >= 0.6 is 0 Å². The average Bonchev–Trinajstić information content (AvgIpc) is 2.66. The lowest BCUT2D eigenvalue weighted by molar-refractivity contribution is 0.0930. The molecule has 0 spiro atoms. The molecule has 1 aromatic heterocycles. The van der Waals surface area contributed by atoms with E-state index in [1.54, 1.807) is 7.11 Å². The van der Waals surface area contributed by atoms with Crippen molar-refractivity contribution in [1.82, 2.24) is 15.1 Å². The van der Waals surface area contributed by atoms with Crippen molar-refractivity contribution in [2.45, 2.75) is 52.1 Å². The molecule has 1 amide bonds. The van der Waals surface area contributed by atoms with Crippen molar-refractivity contribution in [2.24, 2.45) is 0 Å². The molecule has 0 fully saturated rings. The van der Waals surface area contributed by atoms with E-state index in [9.17, 15) is 9.59 Å². The van der Waals surface area contributed by atoms with E-state index in [1.165, 1.54) is 22.4 Å². The van der Waals surface area contributed by atoms with Crippen LogP contribution in [0.15, 0.2) is 41.2 Å². The predicted octanol–water partition coefficient (Wildman–Crippen LogP) is 2.80. The Hall–Kier alpha value is -2.63. The Morgan fingerprint density at radius 3 is 2.62 bits per heavy atom. The summed E-state index contributed by atoms with van der Waals surface area (Å²) in [6.07, 6.45) is 3.49. The summed E-state index contributed by atoms with van der Waals surface area (Å²) in [6, 6.07) is 10.8. The Morgan fingerprint density at radius 2 is 1.96 bits per heavy atom. The van der Waals surface area contributed by atoms with Crippen molar-refractivity contribution in [3.8, 4) is 5.75 Å². The van der Waals surface area contributed by atoms with Gasteiger partial charge in [-0.3, -0.25) is 9.59 Å². The van der Waals surface area contributed by atoms with Gasteiger partial charge in [-0.25, -0.2) is 4.68 Å². The third-order valence-corrected chi connectivity index (χ3v) is 4.23. The number of methoxy groups -OCH3 is 1. The summed E-state index contributed by atoms with van der Waals surface area (Å²) in [5.74, 6) is 0.580. The summed E-state index contributed by atoms with van der Waals surface area (Å²) in [6.45, 7) is 4.55. The Balaban J connectivity index is 1.90. The summed E-state index contributed by atoms with van der Waals surface area (Å²) >= 11 is 0. The number of aryl methyl sites for hydroxylation is 2.